The van der Waals surface area contributed by atoms with Crippen molar-refractivity contribution in [3.63, 3.8) is 0 Å². The Balaban J connectivity index is 1.28. The number of furan rings is 1. The number of nitrogens with zero attached hydrogens (tertiary/aromatic N) is 3. The molecule has 5 rings (SSSR count). The van der Waals surface area contributed by atoms with Crippen LogP contribution >= 0.6 is 0 Å². The average molecular weight is 549 g/mol. The molecule has 0 bridgehead atoms. The Hall–Kier alpha value is -3.84. The largest absolute Gasteiger partial charge is 0.443 e. The lowest BCUT2D eigenvalue weighted by molar-refractivity contribution is -0.137. The Bertz CT molecular complexity index is 1600. The van der Waals surface area contributed by atoms with E-state index in [4.69, 9.17) is 4.42 Å². The molecule has 198 valence electrons. The highest BCUT2D eigenvalue weighted by atomic mass is 32.2. The van der Waals surface area contributed by atoms with Gasteiger partial charge in [-0.3, -0.25) is 14.8 Å². The summed E-state index contributed by atoms with van der Waals surface area (Å²) in [6.45, 7) is 0.122. The minimum absolute atomic E-state index is 0.00854. The van der Waals surface area contributed by atoms with E-state index in [9.17, 15) is 30.8 Å². The first kappa shape index (κ1) is 25.8. The number of nitrogens with one attached hydrogen (secondary N) is 1. The van der Waals surface area contributed by atoms with Gasteiger partial charge in [0, 0.05) is 48.7 Å². The summed E-state index contributed by atoms with van der Waals surface area (Å²) < 4.78 is 84.9. The van der Waals surface area contributed by atoms with Crippen LogP contribution < -0.4 is 5.32 Å². The zero-order chi connectivity index (χ0) is 27.1. The predicted octanol–water partition coefficient (Wildman–Crippen LogP) is 4.52. The van der Waals surface area contributed by atoms with Crippen molar-refractivity contribution in [3.05, 3.63) is 78.0 Å². The fourth-order valence-electron chi connectivity index (χ4n) is 4.29. The Morgan fingerprint density at radius 1 is 1.11 bits per heavy atom. The number of sulfonamides is 1. The van der Waals surface area contributed by atoms with Crippen LogP contribution in [0.15, 0.2) is 70.6 Å². The van der Waals surface area contributed by atoms with E-state index in [0.717, 1.165) is 28.7 Å². The minimum atomic E-state index is -4.50. The molecule has 0 saturated carbocycles. The number of alkyl halides is 3. The Morgan fingerprint density at radius 3 is 2.66 bits per heavy atom. The van der Waals surface area contributed by atoms with Crippen LogP contribution in [0.3, 0.4) is 0 Å². The van der Waals surface area contributed by atoms with Crippen LogP contribution in [-0.4, -0.2) is 41.2 Å². The lowest BCUT2D eigenvalue weighted by atomic mass is 10.1. The first-order chi connectivity index (χ1) is 18.0. The van der Waals surface area contributed by atoms with Crippen molar-refractivity contribution >= 4 is 26.9 Å². The molecule has 8 nitrogen and oxygen atoms in total. The van der Waals surface area contributed by atoms with E-state index < -0.39 is 39.5 Å². The predicted molar refractivity (Wildman–Crippen MR) is 127 cm³/mol. The van der Waals surface area contributed by atoms with E-state index >= 15 is 0 Å². The Kier molecular flexibility index (Phi) is 6.65. The van der Waals surface area contributed by atoms with Crippen molar-refractivity contribution in [2.24, 2.45) is 0 Å². The number of benzene rings is 1. The molecule has 1 aliphatic heterocycles. The zero-order valence-corrected chi connectivity index (χ0v) is 20.4. The van der Waals surface area contributed by atoms with Crippen molar-refractivity contribution < 1.29 is 35.2 Å². The van der Waals surface area contributed by atoms with E-state index in [1.165, 1.54) is 30.6 Å². The highest BCUT2D eigenvalue weighted by Crippen LogP contribution is 2.31. The number of carbonyl (C=O) groups excluding carboxylic acids is 1. The molecule has 1 N–H and O–H groups in total. The molecule has 0 aliphatic carbocycles. The number of amides is 1. The third kappa shape index (κ3) is 5.11. The fourth-order valence-corrected chi connectivity index (χ4v) is 5.89. The highest BCUT2D eigenvalue weighted by Gasteiger charge is 2.41. The number of pyridine rings is 2. The van der Waals surface area contributed by atoms with Gasteiger partial charge in [0.25, 0.3) is 10.0 Å². The van der Waals surface area contributed by atoms with Crippen LogP contribution in [0.1, 0.15) is 24.0 Å². The first-order valence-corrected chi connectivity index (χ1v) is 12.9. The highest BCUT2D eigenvalue weighted by molar-refractivity contribution is 7.89. The maximum absolute atomic E-state index is 13.5. The number of rotatable bonds is 6. The molecular formula is C25H20F4N4O4S. The standard InChI is InChI=1S/C25H20F4N4O4S/c26-19-4-6-22-16(9-19)10-23(37-22)38(35,36)33-7-1-2-21(33)24(34)32-12-15-8-17(13-30-11-15)20-5-3-18(14-31-20)25(27,28)29/h3-6,8-11,13-14,21H,1-2,7,12H2,(H,32,34). The van der Waals surface area contributed by atoms with Crippen LogP contribution in [0.2, 0.25) is 0 Å². The molecule has 1 saturated heterocycles. The van der Waals surface area contributed by atoms with Gasteiger partial charge in [-0.05, 0) is 54.8 Å². The second-order valence-electron chi connectivity index (χ2n) is 8.75. The normalized spacial score (nSPS) is 16.7. The molecule has 0 spiro atoms. The van der Waals surface area contributed by atoms with Gasteiger partial charge in [-0.25, -0.2) is 12.8 Å². The molecule has 4 aromatic rings. The topological polar surface area (TPSA) is 105 Å². The molecule has 0 radical (unpaired) electrons. The van der Waals surface area contributed by atoms with Gasteiger partial charge in [-0.15, -0.1) is 0 Å². The number of hydrogen-bond donors (Lipinski definition) is 1. The third-order valence-electron chi connectivity index (χ3n) is 6.17. The molecular weight excluding hydrogens is 528 g/mol. The van der Waals surface area contributed by atoms with Gasteiger partial charge in [0.1, 0.15) is 17.4 Å². The minimum Gasteiger partial charge on any atom is -0.443 e. The molecule has 1 aliphatic rings. The molecule has 1 atom stereocenters. The van der Waals surface area contributed by atoms with Gasteiger partial charge in [0.15, 0.2) is 0 Å². The van der Waals surface area contributed by atoms with Crippen LogP contribution in [0.25, 0.3) is 22.2 Å². The summed E-state index contributed by atoms with van der Waals surface area (Å²) in [7, 11) is -4.16. The van der Waals surface area contributed by atoms with Gasteiger partial charge < -0.3 is 9.73 Å². The van der Waals surface area contributed by atoms with Crippen molar-refractivity contribution in [1.82, 2.24) is 19.6 Å². The summed E-state index contributed by atoms with van der Waals surface area (Å²) in [5.74, 6) is -1.06. The third-order valence-corrected chi connectivity index (χ3v) is 7.94. The molecule has 13 heteroatoms. The van der Waals surface area contributed by atoms with E-state index in [-0.39, 0.29) is 29.5 Å². The quantitative estimate of drug-likeness (QED) is 0.356. The molecule has 38 heavy (non-hydrogen) atoms. The summed E-state index contributed by atoms with van der Waals surface area (Å²) in [5, 5.41) is 2.62. The molecule has 1 amide bonds. The lowest BCUT2D eigenvalue weighted by Gasteiger charge is -2.22. The first-order valence-electron chi connectivity index (χ1n) is 11.5. The molecule has 1 unspecified atom stereocenters. The van der Waals surface area contributed by atoms with Crippen LogP contribution in [-0.2, 0) is 27.5 Å². The van der Waals surface area contributed by atoms with Gasteiger partial charge >= 0.3 is 6.18 Å². The van der Waals surface area contributed by atoms with Gasteiger partial charge in [0.2, 0.25) is 11.0 Å². The van der Waals surface area contributed by atoms with Crippen LogP contribution in [0.4, 0.5) is 17.6 Å². The number of hydrogen-bond acceptors (Lipinski definition) is 6. The van der Waals surface area contributed by atoms with Crippen molar-refractivity contribution in [2.75, 3.05) is 6.54 Å². The summed E-state index contributed by atoms with van der Waals surface area (Å²) in [5.41, 5.74) is 0.613. The van der Waals surface area contributed by atoms with Gasteiger partial charge in [0.05, 0.1) is 11.3 Å². The molecule has 1 aromatic carbocycles. The average Bonchev–Trinajstić information content (AvgIpc) is 3.55. The summed E-state index contributed by atoms with van der Waals surface area (Å²) >= 11 is 0. The Morgan fingerprint density at radius 2 is 1.92 bits per heavy atom. The second-order valence-corrected chi connectivity index (χ2v) is 10.6. The number of halogens is 4. The molecule has 4 heterocycles. The molecule has 3 aromatic heterocycles. The summed E-state index contributed by atoms with van der Waals surface area (Å²) in [4.78, 5) is 20.9. The maximum Gasteiger partial charge on any atom is 0.417 e. The van der Waals surface area contributed by atoms with Crippen molar-refractivity contribution in [2.45, 2.75) is 36.7 Å². The van der Waals surface area contributed by atoms with Crippen molar-refractivity contribution in [3.8, 4) is 11.3 Å². The van der Waals surface area contributed by atoms with E-state index in [1.807, 2.05) is 0 Å². The summed E-state index contributed by atoms with van der Waals surface area (Å²) in [6, 6.07) is 7.69. The van der Waals surface area contributed by atoms with Gasteiger partial charge in [-0.2, -0.15) is 17.5 Å². The monoisotopic (exact) mass is 548 g/mol. The smallest absolute Gasteiger partial charge is 0.417 e. The van der Waals surface area contributed by atoms with Crippen LogP contribution in [0, 0.1) is 5.82 Å². The number of carbonyl (C=O) groups is 1. The summed E-state index contributed by atoms with van der Waals surface area (Å²) in [6.07, 6.45) is -0.0936. The SMILES string of the molecule is O=C(NCc1cncc(-c2ccc(C(F)(F)F)cn2)c1)C1CCCN1S(=O)(=O)c1cc2cc(F)ccc2o1. The number of aromatic nitrogens is 2. The van der Waals surface area contributed by atoms with Crippen molar-refractivity contribution in [1.29, 1.82) is 0 Å². The van der Waals surface area contributed by atoms with E-state index in [0.29, 0.717) is 29.4 Å². The number of fused-ring (bicyclic) bond motifs is 1. The van der Waals surface area contributed by atoms with Crippen LogP contribution in [0.5, 0.6) is 0 Å². The second kappa shape index (κ2) is 9.80. The van der Waals surface area contributed by atoms with E-state index in [2.05, 4.69) is 15.3 Å². The zero-order valence-electron chi connectivity index (χ0n) is 19.6. The molecule has 1 fully saturated rings. The van der Waals surface area contributed by atoms with E-state index in [1.54, 1.807) is 6.07 Å². The Labute approximate surface area is 214 Å². The van der Waals surface area contributed by atoms with Gasteiger partial charge in [-0.1, -0.05) is 0 Å². The lowest BCUT2D eigenvalue weighted by Crippen LogP contribution is -2.45. The fraction of sp³-hybridized carbons (Fsp3) is 0.240. The maximum atomic E-state index is 13.5.